The predicted octanol–water partition coefficient (Wildman–Crippen LogP) is 6.14. The Morgan fingerprint density at radius 3 is 2.08 bits per heavy atom. The van der Waals surface area contributed by atoms with Crippen LogP contribution in [0.25, 0.3) is 0 Å². The van der Waals surface area contributed by atoms with Crippen molar-refractivity contribution in [2.75, 3.05) is 10.8 Å². The van der Waals surface area contributed by atoms with Crippen LogP contribution >= 0.6 is 23.2 Å². The molecule has 0 aliphatic carbocycles. The molecule has 10 heteroatoms. The average molecular weight is 605 g/mol. The lowest BCUT2D eigenvalue weighted by Crippen LogP contribution is -2.52. The van der Waals surface area contributed by atoms with E-state index in [2.05, 4.69) is 5.32 Å². The first-order chi connectivity index (χ1) is 18.8. The summed E-state index contributed by atoms with van der Waals surface area (Å²) >= 11 is 12.2. The summed E-state index contributed by atoms with van der Waals surface area (Å²) in [5, 5.41) is 3.90. The number of hydrogen-bond acceptors (Lipinski definition) is 4. The van der Waals surface area contributed by atoms with Gasteiger partial charge in [0, 0.05) is 22.6 Å². The Hall–Kier alpha value is -3.07. The number of aryl methyl sites for hydroxylation is 2. The number of sulfonamides is 1. The summed E-state index contributed by atoms with van der Waals surface area (Å²) in [7, 11) is -4.16. The lowest BCUT2D eigenvalue weighted by atomic mass is 10.1. The third kappa shape index (κ3) is 7.77. The highest BCUT2D eigenvalue weighted by atomic mass is 35.5. The normalized spacial score (nSPS) is 12.9. The van der Waals surface area contributed by atoms with E-state index < -0.39 is 28.5 Å². The highest BCUT2D eigenvalue weighted by molar-refractivity contribution is 7.92. The number of nitrogens with zero attached hydrogens (tertiary/aromatic N) is 2. The van der Waals surface area contributed by atoms with Crippen LogP contribution in [0, 0.1) is 13.8 Å². The molecule has 0 saturated heterocycles. The first-order valence-corrected chi connectivity index (χ1v) is 15.2. The van der Waals surface area contributed by atoms with Crippen LogP contribution in [-0.4, -0.2) is 43.8 Å². The van der Waals surface area contributed by atoms with E-state index in [1.54, 1.807) is 68.4 Å². The van der Waals surface area contributed by atoms with Crippen LogP contribution in [0.15, 0.2) is 71.6 Å². The molecule has 1 N–H and O–H groups in total. The van der Waals surface area contributed by atoms with Crippen LogP contribution in [0.4, 0.5) is 5.69 Å². The molecule has 0 aliphatic heterocycles. The molecule has 2 atom stereocenters. The number of halogens is 2. The summed E-state index contributed by atoms with van der Waals surface area (Å²) in [5.41, 5.74) is 2.56. The molecule has 3 aromatic rings. The molecule has 0 aliphatic rings. The number of rotatable bonds is 11. The zero-order valence-electron chi connectivity index (χ0n) is 23.3. The van der Waals surface area contributed by atoms with E-state index in [0.717, 1.165) is 21.9 Å². The van der Waals surface area contributed by atoms with Gasteiger partial charge in [0.25, 0.3) is 10.0 Å². The minimum atomic E-state index is -4.16. The summed E-state index contributed by atoms with van der Waals surface area (Å²) in [6.45, 7) is 8.64. The van der Waals surface area contributed by atoms with Crippen LogP contribution in [0.1, 0.15) is 43.9 Å². The van der Waals surface area contributed by atoms with Crippen molar-refractivity contribution in [1.82, 2.24) is 10.2 Å². The molecular formula is C30H35Cl2N3O4S. The van der Waals surface area contributed by atoms with Gasteiger partial charge in [0.1, 0.15) is 12.6 Å². The molecule has 3 rings (SSSR count). The van der Waals surface area contributed by atoms with Gasteiger partial charge in [-0.25, -0.2) is 8.42 Å². The van der Waals surface area contributed by atoms with Crippen molar-refractivity contribution in [2.45, 2.75) is 64.6 Å². The fraction of sp³-hybridized carbons (Fsp3) is 0.333. The van der Waals surface area contributed by atoms with Gasteiger partial charge in [-0.3, -0.25) is 13.9 Å². The molecule has 0 aromatic heterocycles. The second-order valence-electron chi connectivity index (χ2n) is 9.90. The molecule has 2 amide bonds. The first-order valence-electron chi connectivity index (χ1n) is 13.0. The molecule has 0 saturated carbocycles. The molecule has 3 aromatic carbocycles. The lowest BCUT2D eigenvalue weighted by molar-refractivity contribution is -0.139. The summed E-state index contributed by atoms with van der Waals surface area (Å²) in [5.74, 6) is -0.862. The second kappa shape index (κ2) is 13.5. The van der Waals surface area contributed by atoms with Crippen LogP contribution < -0.4 is 9.62 Å². The Kier molecular flexibility index (Phi) is 10.6. The highest BCUT2D eigenvalue weighted by Crippen LogP contribution is 2.29. The molecule has 0 radical (unpaired) electrons. The Morgan fingerprint density at radius 1 is 0.900 bits per heavy atom. The first kappa shape index (κ1) is 31.5. The van der Waals surface area contributed by atoms with E-state index in [1.165, 1.54) is 17.0 Å². The Balaban J connectivity index is 2.05. The quantitative estimate of drug-likeness (QED) is 0.285. The largest absolute Gasteiger partial charge is 0.352 e. The SMILES string of the molecule is CC[C@H](C)NC(=O)[C@H](C)N(Cc1ccc(Cl)cc1)C(=O)CN(c1ccc(Cl)cc1C)S(=O)(=O)c1ccc(C)cc1. The van der Waals surface area contributed by atoms with E-state index in [9.17, 15) is 18.0 Å². The van der Waals surface area contributed by atoms with Gasteiger partial charge in [-0.05, 0) is 87.7 Å². The van der Waals surface area contributed by atoms with Gasteiger partial charge in [0.15, 0.2) is 0 Å². The molecule has 0 fully saturated rings. The zero-order chi connectivity index (χ0) is 29.6. The summed E-state index contributed by atoms with van der Waals surface area (Å²) in [6, 6.07) is 17.2. The lowest BCUT2D eigenvalue weighted by Gasteiger charge is -2.33. The molecule has 7 nitrogen and oxygen atoms in total. The third-order valence-corrected chi connectivity index (χ3v) is 9.01. The fourth-order valence-electron chi connectivity index (χ4n) is 4.08. The highest BCUT2D eigenvalue weighted by Gasteiger charge is 2.33. The van der Waals surface area contributed by atoms with Gasteiger partial charge < -0.3 is 10.2 Å². The van der Waals surface area contributed by atoms with Crippen LogP contribution in [0.3, 0.4) is 0 Å². The zero-order valence-corrected chi connectivity index (χ0v) is 25.6. The molecule has 214 valence electrons. The van der Waals surface area contributed by atoms with E-state index in [0.29, 0.717) is 21.3 Å². The molecule has 0 bridgehead atoms. The maximum absolute atomic E-state index is 14.0. The van der Waals surface area contributed by atoms with Gasteiger partial charge in [0.05, 0.1) is 10.6 Å². The van der Waals surface area contributed by atoms with Crippen molar-refractivity contribution in [3.05, 3.63) is 93.5 Å². The van der Waals surface area contributed by atoms with Crippen molar-refractivity contribution in [2.24, 2.45) is 0 Å². The maximum atomic E-state index is 14.0. The van der Waals surface area contributed by atoms with Gasteiger partial charge in [-0.2, -0.15) is 0 Å². The van der Waals surface area contributed by atoms with Crippen LogP contribution in [-0.2, 0) is 26.2 Å². The monoisotopic (exact) mass is 603 g/mol. The third-order valence-electron chi connectivity index (χ3n) is 6.75. The Labute approximate surface area is 247 Å². The number of benzene rings is 3. The smallest absolute Gasteiger partial charge is 0.264 e. The number of nitrogens with one attached hydrogen (secondary N) is 1. The van der Waals surface area contributed by atoms with Crippen molar-refractivity contribution in [1.29, 1.82) is 0 Å². The van der Waals surface area contributed by atoms with Crippen LogP contribution in [0.2, 0.25) is 10.0 Å². The van der Waals surface area contributed by atoms with E-state index in [1.807, 2.05) is 20.8 Å². The van der Waals surface area contributed by atoms with E-state index in [4.69, 9.17) is 23.2 Å². The number of amides is 2. The summed E-state index contributed by atoms with van der Waals surface area (Å²) in [6.07, 6.45) is 0.724. The van der Waals surface area contributed by atoms with Crippen molar-refractivity contribution >= 4 is 50.7 Å². The molecule has 0 unspecified atom stereocenters. The van der Waals surface area contributed by atoms with Crippen molar-refractivity contribution in [3.63, 3.8) is 0 Å². The summed E-state index contributed by atoms with van der Waals surface area (Å²) < 4.78 is 29.0. The van der Waals surface area contributed by atoms with E-state index in [-0.39, 0.29) is 23.4 Å². The molecule has 40 heavy (non-hydrogen) atoms. The maximum Gasteiger partial charge on any atom is 0.264 e. The van der Waals surface area contributed by atoms with Gasteiger partial charge in [-0.15, -0.1) is 0 Å². The number of hydrogen-bond donors (Lipinski definition) is 1. The number of carbonyl (C=O) groups is 2. The summed E-state index contributed by atoms with van der Waals surface area (Å²) in [4.78, 5) is 28.6. The van der Waals surface area contributed by atoms with Crippen molar-refractivity contribution < 1.29 is 18.0 Å². The molecule has 0 spiro atoms. The molecular weight excluding hydrogens is 569 g/mol. The van der Waals surface area contributed by atoms with Crippen molar-refractivity contribution in [3.8, 4) is 0 Å². The standard InChI is InChI=1S/C30H35Cl2N3O4S/c1-6-22(4)33-30(37)23(5)34(18-24-9-11-25(31)12-10-24)29(36)19-35(28-16-13-26(32)17-21(28)3)40(38,39)27-14-7-20(2)8-15-27/h7-17,22-23H,6,18-19H2,1-5H3,(H,33,37)/t22-,23-/m0/s1. The Bertz CT molecular complexity index is 1440. The minimum absolute atomic E-state index is 0.0482. The Morgan fingerprint density at radius 2 is 1.50 bits per heavy atom. The molecule has 0 heterocycles. The minimum Gasteiger partial charge on any atom is -0.352 e. The average Bonchev–Trinajstić information content (AvgIpc) is 2.91. The van der Waals surface area contributed by atoms with E-state index >= 15 is 0 Å². The van der Waals surface area contributed by atoms with Crippen LogP contribution in [0.5, 0.6) is 0 Å². The van der Waals surface area contributed by atoms with Gasteiger partial charge >= 0.3 is 0 Å². The van der Waals surface area contributed by atoms with Gasteiger partial charge in [-0.1, -0.05) is 60.0 Å². The van der Waals surface area contributed by atoms with Gasteiger partial charge in [0.2, 0.25) is 11.8 Å². The number of anilines is 1. The second-order valence-corrected chi connectivity index (χ2v) is 12.6. The number of carbonyl (C=O) groups excluding carboxylic acids is 2. The fourth-order valence-corrected chi connectivity index (χ4v) is 5.92. The topological polar surface area (TPSA) is 86.8 Å². The predicted molar refractivity (Wildman–Crippen MR) is 161 cm³/mol.